The minimum atomic E-state index is -4.07. The highest BCUT2D eigenvalue weighted by molar-refractivity contribution is 7.89. The molecule has 0 aromatic heterocycles. The van der Waals surface area contributed by atoms with Gasteiger partial charge in [-0.25, -0.2) is 13.6 Å². The summed E-state index contributed by atoms with van der Waals surface area (Å²) in [5.41, 5.74) is 1.33. The van der Waals surface area contributed by atoms with Gasteiger partial charge in [-0.2, -0.15) is 0 Å². The molecule has 0 fully saturated rings. The van der Waals surface area contributed by atoms with E-state index in [1.807, 2.05) is 31.2 Å². The Kier molecular flexibility index (Phi) is 7.26. The van der Waals surface area contributed by atoms with Gasteiger partial charge < -0.3 is 15.4 Å². The summed E-state index contributed by atoms with van der Waals surface area (Å²) in [4.78, 5) is 22.3. The Morgan fingerprint density at radius 3 is 2.21 bits per heavy atom. The maximum absolute atomic E-state index is 12.2. The van der Waals surface area contributed by atoms with Crippen LogP contribution in [0.4, 0.5) is 17.1 Å². The zero-order valence-electron chi connectivity index (χ0n) is 17.6. The van der Waals surface area contributed by atoms with Crippen LogP contribution in [0.3, 0.4) is 0 Å². The Hall–Kier alpha value is -3.96. The zero-order valence-corrected chi connectivity index (χ0v) is 18.5. The van der Waals surface area contributed by atoms with Crippen molar-refractivity contribution in [3.05, 3.63) is 82.4 Å². The fourth-order valence-corrected chi connectivity index (χ4v) is 3.41. The highest BCUT2D eigenvalue weighted by atomic mass is 32.2. The van der Waals surface area contributed by atoms with E-state index in [1.165, 1.54) is 6.07 Å². The van der Waals surface area contributed by atoms with Gasteiger partial charge in [0.25, 0.3) is 5.69 Å². The molecule has 11 heteroatoms. The van der Waals surface area contributed by atoms with Crippen LogP contribution in [-0.4, -0.2) is 25.8 Å². The van der Waals surface area contributed by atoms with E-state index >= 15 is 0 Å². The highest BCUT2D eigenvalue weighted by Gasteiger charge is 2.19. The number of nitrogens with two attached hydrogens (primary N) is 1. The number of nitrogens with zero attached hydrogens (tertiary/aromatic N) is 1. The lowest BCUT2D eigenvalue weighted by molar-refractivity contribution is -0.384. The van der Waals surface area contributed by atoms with E-state index in [1.54, 1.807) is 24.3 Å². The number of anilines is 2. The molecular weight excluding hydrogens is 448 g/mol. The highest BCUT2D eigenvalue weighted by Crippen LogP contribution is 2.27. The van der Waals surface area contributed by atoms with E-state index < -0.39 is 20.6 Å². The first-order chi connectivity index (χ1) is 15.6. The van der Waals surface area contributed by atoms with Gasteiger partial charge in [0.2, 0.25) is 15.9 Å². The number of sulfonamides is 1. The smallest absolute Gasteiger partial charge is 0.293 e. The summed E-state index contributed by atoms with van der Waals surface area (Å²) in [6.07, 6.45) is 0.0235. The van der Waals surface area contributed by atoms with Crippen molar-refractivity contribution in [2.45, 2.75) is 18.2 Å². The zero-order chi connectivity index (χ0) is 24.0. The summed E-state index contributed by atoms with van der Waals surface area (Å²) in [7, 11) is -4.07. The number of carbonyl (C=O) groups is 1. The minimum absolute atomic E-state index is 0.0235. The van der Waals surface area contributed by atoms with E-state index in [-0.39, 0.29) is 29.5 Å². The molecule has 0 heterocycles. The topological polar surface area (TPSA) is 154 Å². The molecule has 3 aromatic carbocycles. The number of nitro benzene ring substituents is 1. The number of hydrogen-bond acceptors (Lipinski definition) is 7. The van der Waals surface area contributed by atoms with Crippen molar-refractivity contribution >= 4 is 33.0 Å². The quantitative estimate of drug-likeness (QED) is 0.317. The molecule has 0 unspecified atom stereocenters. The molecule has 0 saturated carbocycles. The van der Waals surface area contributed by atoms with Crippen molar-refractivity contribution in [3.63, 3.8) is 0 Å². The molecule has 0 aliphatic carbocycles. The number of hydrogen-bond donors (Lipinski definition) is 3. The molecule has 3 rings (SSSR count). The number of nitro groups is 1. The Bertz CT molecular complexity index is 1260. The second-order valence-electron chi connectivity index (χ2n) is 7.15. The van der Waals surface area contributed by atoms with Gasteiger partial charge in [0, 0.05) is 24.7 Å². The average molecular weight is 471 g/mol. The van der Waals surface area contributed by atoms with Gasteiger partial charge in [0.1, 0.15) is 17.2 Å². The monoisotopic (exact) mass is 470 g/mol. The molecule has 0 aliphatic rings. The second kappa shape index (κ2) is 10.1. The first-order valence-electron chi connectivity index (χ1n) is 9.81. The van der Waals surface area contributed by atoms with Crippen molar-refractivity contribution in [1.82, 2.24) is 0 Å². The summed E-state index contributed by atoms with van der Waals surface area (Å²) in [5, 5.41) is 21.7. The van der Waals surface area contributed by atoms with Gasteiger partial charge in [0.15, 0.2) is 0 Å². The normalized spacial score (nSPS) is 11.0. The number of carbonyl (C=O) groups excluding carboxylic acids is 1. The van der Waals surface area contributed by atoms with Crippen LogP contribution >= 0.6 is 0 Å². The molecule has 10 nitrogen and oxygen atoms in total. The predicted molar refractivity (Wildman–Crippen MR) is 124 cm³/mol. The lowest BCUT2D eigenvalue weighted by Crippen LogP contribution is -2.17. The summed E-state index contributed by atoms with van der Waals surface area (Å²) in [6.45, 7) is 2.08. The third kappa shape index (κ3) is 6.76. The fourth-order valence-electron chi connectivity index (χ4n) is 2.87. The Labute approximate surface area is 190 Å². The molecule has 3 aromatic rings. The lowest BCUT2D eigenvalue weighted by atomic mass is 10.2. The summed E-state index contributed by atoms with van der Waals surface area (Å²) >= 11 is 0. The van der Waals surface area contributed by atoms with Gasteiger partial charge >= 0.3 is 0 Å². The number of benzene rings is 3. The van der Waals surface area contributed by atoms with Crippen LogP contribution in [0.5, 0.6) is 11.5 Å². The van der Waals surface area contributed by atoms with Crippen LogP contribution in [0.1, 0.15) is 12.0 Å². The van der Waals surface area contributed by atoms with E-state index in [2.05, 4.69) is 10.6 Å². The van der Waals surface area contributed by atoms with E-state index in [0.29, 0.717) is 17.2 Å². The molecule has 0 saturated heterocycles. The standard InChI is InChI=1S/C22H22N4O6S/c1-15-2-6-17(7-3-15)32-18-8-4-16(5-9-18)25-22(27)12-13-24-20-11-10-19(33(23,30)31)14-21(20)26(28)29/h2-11,14,24H,12-13H2,1H3,(H,25,27)(H2,23,30,31). The van der Waals surface area contributed by atoms with Crippen LogP contribution in [0, 0.1) is 17.0 Å². The van der Waals surface area contributed by atoms with Crippen molar-refractivity contribution < 1.29 is 22.9 Å². The largest absolute Gasteiger partial charge is 0.457 e. The number of nitrogens with one attached hydrogen (secondary N) is 2. The van der Waals surface area contributed by atoms with Gasteiger partial charge in [0.05, 0.1) is 9.82 Å². The number of amides is 1. The predicted octanol–water partition coefficient (Wildman–Crippen LogP) is 3.78. The molecule has 4 N–H and O–H groups in total. The first kappa shape index (κ1) is 23.7. The molecular formula is C22H22N4O6S. The van der Waals surface area contributed by atoms with Crippen molar-refractivity contribution in [1.29, 1.82) is 0 Å². The third-order valence-corrected chi connectivity index (χ3v) is 5.47. The number of ether oxygens (including phenoxy) is 1. The minimum Gasteiger partial charge on any atom is -0.457 e. The first-order valence-corrected chi connectivity index (χ1v) is 11.4. The SMILES string of the molecule is Cc1ccc(Oc2ccc(NC(=O)CCNc3ccc(S(N)(=O)=O)cc3[N+](=O)[O-])cc2)cc1. The van der Waals surface area contributed by atoms with E-state index in [0.717, 1.165) is 17.7 Å². The van der Waals surface area contributed by atoms with Crippen molar-refractivity contribution in [2.24, 2.45) is 5.14 Å². The van der Waals surface area contributed by atoms with Gasteiger partial charge in [-0.3, -0.25) is 14.9 Å². The Balaban J connectivity index is 1.53. The van der Waals surface area contributed by atoms with Gasteiger partial charge in [-0.15, -0.1) is 0 Å². The lowest BCUT2D eigenvalue weighted by Gasteiger charge is -2.10. The number of rotatable bonds is 9. The van der Waals surface area contributed by atoms with E-state index in [4.69, 9.17) is 9.88 Å². The summed E-state index contributed by atoms with van der Waals surface area (Å²) < 4.78 is 28.5. The molecule has 0 aliphatic heterocycles. The van der Waals surface area contributed by atoms with Gasteiger partial charge in [-0.05, 0) is 55.5 Å². The molecule has 0 radical (unpaired) electrons. The van der Waals surface area contributed by atoms with Crippen LogP contribution in [0.15, 0.2) is 71.6 Å². The molecule has 1 amide bonds. The third-order valence-electron chi connectivity index (χ3n) is 4.56. The maximum atomic E-state index is 12.2. The summed E-state index contributed by atoms with van der Waals surface area (Å²) in [6, 6.07) is 17.7. The summed E-state index contributed by atoms with van der Waals surface area (Å²) in [5.74, 6) is 1.02. The Morgan fingerprint density at radius 2 is 1.64 bits per heavy atom. The molecule has 0 bridgehead atoms. The van der Waals surface area contributed by atoms with Gasteiger partial charge in [-0.1, -0.05) is 17.7 Å². The van der Waals surface area contributed by atoms with Crippen molar-refractivity contribution in [3.8, 4) is 11.5 Å². The maximum Gasteiger partial charge on any atom is 0.293 e. The average Bonchev–Trinajstić information content (AvgIpc) is 2.76. The Morgan fingerprint density at radius 1 is 1.03 bits per heavy atom. The number of aryl methyl sites for hydroxylation is 1. The van der Waals surface area contributed by atoms with Crippen LogP contribution < -0.4 is 20.5 Å². The second-order valence-corrected chi connectivity index (χ2v) is 8.71. The number of primary sulfonamides is 1. The molecule has 0 spiro atoms. The van der Waals surface area contributed by atoms with Crippen LogP contribution in [0.2, 0.25) is 0 Å². The van der Waals surface area contributed by atoms with E-state index in [9.17, 15) is 23.3 Å². The van der Waals surface area contributed by atoms with Crippen molar-refractivity contribution in [2.75, 3.05) is 17.2 Å². The fraction of sp³-hybridized carbons (Fsp3) is 0.136. The molecule has 0 atom stereocenters. The van der Waals surface area contributed by atoms with Crippen LogP contribution in [-0.2, 0) is 14.8 Å². The molecule has 172 valence electrons. The van der Waals surface area contributed by atoms with Crippen LogP contribution in [0.25, 0.3) is 0 Å². The molecule has 33 heavy (non-hydrogen) atoms.